The lowest BCUT2D eigenvalue weighted by molar-refractivity contribution is -0.113. The normalized spacial score (nSPS) is 11.8. The van der Waals surface area contributed by atoms with Gasteiger partial charge in [-0.2, -0.15) is 0 Å². The molecule has 1 unspecified atom stereocenters. The lowest BCUT2D eigenvalue weighted by atomic mass is 10.0. The lowest BCUT2D eigenvalue weighted by Gasteiger charge is -2.16. The van der Waals surface area contributed by atoms with E-state index in [-0.39, 0.29) is 23.6 Å². The maximum atomic E-state index is 12.7. The second-order valence-corrected chi connectivity index (χ2v) is 8.43. The number of methoxy groups -OCH3 is 1. The van der Waals surface area contributed by atoms with Gasteiger partial charge >= 0.3 is 0 Å². The van der Waals surface area contributed by atoms with Crippen LogP contribution in [0.3, 0.4) is 0 Å². The highest BCUT2D eigenvalue weighted by Gasteiger charge is 2.15. The van der Waals surface area contributed by atoms with Crippen molar-refractivity contribution in [1.29, 1.82) is 0 Å². The van der Waals surface area contributed by atoms with Gasteiger partial charge < -0.3 is 15.4 Å². The Labute approximate surface area is 177 Å². The number of hydrogen-bond acceptors (Lipinski definition) is 4. The molecule has 0 aliphatic carbocycles. The summed E-state index contributed by atoms with van der Waals surface area (Å²) in [5.41, 5.74) is 1.28. The molecule has 0 aliphatic rings. The van der Waals surface area contributed by atoms with Crippen molar-refractivity contribution >= 4 is 29.3 Å². The average molecular weight is 415 g/mol. The van der Waals surface area contributed by atoms with E-state index in [2.05, 4.69) is 24.5 Å². The van der Waals surface area contributed by atoms with Gasteiger partial charge in [0.05, 0.1) is 18.4 Å². The van der Waals surface area contributed by atoms with E-state index < -0.39 is 0 Å². The largest absolute Gasteiger partial charge is 0.497 e. The van der Waals surface area contributed by atoms with Crippen LogP contribution in [-0.2, 0) is 4.79 Å². The van der Waals surface area contributed by atoms with E-state index >= 15 is 0 Å². The predicted molar refractivity (Wildman–Crippen MR) is 120 cm³/mol. The molecule has 2 amide bonds. The fourth-order valence-corrected chi connectivity index (χ4v) is 3.63. The Hall–Kier alpha value is -2.47. The van der Waals surface area contributed by atoms with Crippen molar-refractivity contribution in [3.05, 3.63) is 54.1 Å². The number of amides is 2. The smallest absolute Gasteiger partial charge is 0.252 e. The molecular formula is C23H30N2O3S. The maximum absolute atomic E-state index is 12.7. The van der Waals surface area contributed by atoms with Crippen molar-refractivity contribution in [2.75, 3.05) is 18.2 Å². The summed E-state index contributed by atoms with van der Waals surface area (Å²) in [6, 6.07) is 14.7. The van der Waals surface area contributed by atoms with E-state index in [0.29, 0.717) is 22.9 Å². The van der Waals surface area contributed by atoms with E-state index in [1.54, 1.807) is 19.2 Å². The minimum absolute atomic E-state index is 0.0995. The van der Waals surface area contributed by atoms with Crippen LogP contribution in [0.2, 0.25) is 0 Å². The van der Waals surface area contributed by atoms with Crippen molar-refractivity contribution in [2.45, 2.75) is 44.6 Å². The minimum atomic E-state index is -0.135. The van der Waals surface area contributed by atoms with E-state index in [9.17, 15) is 9.59 Å². The van der Waals surface area contributed by atoms with E-state index in [4.69, 9.17) is 4.74 Å². The molecule has 0 heterocycles. The third-order valence-electron chi connectivity index (χ3n) is 4.40. The number of thioether (sulfide) groups is 1. The zero-order valence-corrected chi connectivity index (χ0v) is 18.3. The van der Waals surface area contributed by atoms with Crippen LogP contribution < -0.4 is 15.4 Å². The third-order valence-corrected chi connectivity index (χ3v) is 5.47. The fraction of sp³-hybridized carbons (Fsp3) is 0.391. The zero-order valence-electron chi connectivity index (χ0n) is 17.5. The first kappa shape index (κ1) is 22.8. The number of hydrogen-bond donors (Lipinski definition) is 2. The van der Waals surface area contributed by atoms with Crippen LogP contribution in [0.1, 0.15) is 44.0 Å². The number of nitrogens with one attached hydrogen (secondary N) is 2. The number of carbonyl (C=O) groups is 2. The van der Waals surface area contributed by atoms with Gasteiger partial charge in [-0.1, -0.05) is 32.0 Å². The highest BCUT2D eigenvalue weighted by Crippen LogP contribution is 2.24. The number of carbonyl (C=O) groups excluding carboxylic acids is 2. The van der Waals surface area contributed by atoms with Crippen molar-refractivity contribution in [3.8, 4) is 5.75 Å². The van der Waals surface area contributed by atoms with Gasteiger partial charge in [0, 0.05) is 22.7 Å². The van der Waals surface area contributed by atoms with Gasteiger partial charge in [-0.3, -0.25) is 9.59 Å². The first-order valence-electron chi connectivity index (χ1n) is 9.85. The van der Waals surface area contributed by atoms with Gasteiger partial charge in [0.15, 0.2) is 0 Å². The molecule has 0 spiro atoms. The second-order valence-electron chi connectivity index (χ2n) is 7.41. The number of anilines is 1. The van der Waals surface area contributed by atoms with Crippen molar-refractivity contribution in [2.24, 2.45) is 5.92 Å². The molecule has 0 aromatic heterocycles. The summed E-state index contributed by atoms with van der Waals surface area (Å²) in [5, 5.41) is 5.92. The molecule has 156 valence electrons. The Morgan fingerprint density at radius 3 is 2.52 bits per heavy atom. The number of rotatable bonds is 10. The van der Waals surface area contributed by atoms with Gasteiger partial charge in [0.25, 0.3) is 5.91 Å². The Bertz CT molecular complexity index is 823. The molecule has 29 heavy (non-hydrogen) atoms. The average Bonchev–Trinajstić information content (AvgIpc) is 2.71. The molecule has 5 nitrogen and oxygen atoms in total. The Morgan fingerprint density at radius 2 is 1.79 bits per heavy atom. The van der Waals surface area contributed by atoms with Gasteiger partial charge in [-0.25, -0.2) is 0 Å². The van der Waals surface area contributed by atoms with Gasteiger partial charge in [0.2, 0.25) is 5.91 Å². The summed E-state index contributed by atoms with van der Waals surface area (Å²) in [7, 11) is 1.59. The number of ether oxygens (including phenoxy) is 1. The summed E-state index contributed by atoms with van der Waals surface area (Å²) < 4.78 is 5.17. The highest BCUT2D eigenvalue weighted by molar-refractivity contribution is 8.00. The first-order chi connectivity index (χ1) is 13.9. The molecule has 0 fully saturated rings. The standard InChI is InChI=1S/C23H30N2O3S/c1-16(2)12-13-17(3)24-23(27)20-10-5-6-11-21(20)29-15-22(26)25-18-8-7-9-19(14-18)28-4/h5-11,14,16-17H,12-13,15H2,1-4H3,(H,24,27)(H,25,26). The van der Waals surface area contributed by atoms with Crippen LogP contribution in [-0.4, -0.2) is 30.7 Å². The van der Waals surface area contributed by atoms with E-state index in [1.807, 2.05) is 43.3 Å². The third kappa shape index (κ3) is 7.81. The van der Waals surface area contributed by atoms with Gasteiger partial charge in [0.1, 0.15) is 5.75 Å². The second kappa shape index (κ2) is 11.5. The SMILES string of the molecule is COc1cccc(NC(=O)CSc2ccccc2C(=O)NC(C)CCC(C)C)c1. The van der Waals surface area contributed by atoms with Crippen LogP contribution in [0.4, 0.5) is 5.69 Å². The molecule has 6 heteroatoms. The Kier molecular flexibility index (Phi) is 9.06. The molecule has 2 aromatic rings. The molecule has 2 rings (SSSR count). The molecule has 2 N–H and O–H groups in total. The van der Waals surface area contributed by atoms with Crippen LogP contribution in [0.15, 0.2) is 53.4 Å². The molecule has 0 aliphatic heterocycles. The molecule has 0 saturated carbocycles. The molecule has 0 radical (unpaired) electrons. The van der Waals surface area contributed by atoms with E-state index in [0.717, 1.165) is 17.7 Å². The lowest BCUT2D eigenvalue weighted by Crippen LogP contribution is -2.33. The summed E-state index contributed by atoms with van der Waals surface area (Å²) in [6.07, 6.45) is 2.02. The van der Waals surface area contributed by atoms with Crippen LogP contribution in [0.5, 0.6) is 5.75 Å². The summed E-state index contributed by atoms with van der Waals surface area (Å²) in [6.45, 7) is 6.38. The van der Waals surface area contributed by atoms with Crippen molar-refractivity contribution < 1.29 is 14.3 Å². The van der Waals surface area contributed by atoms with Crippen molar-refractivity contribution in [1.82, 2.24) is 5.32 Å². The van der Waals surface area contributed by atoms with Gasteiger partial charge in [-0.05, 0) is 49.9 Å². The van der Waals surface area contributed by atoms with Crippen molar-refractivity contribution in [3.63, 3.8) is 0 Å². The summed E-state index contributed by atoms with van der Waals surface area (Å²) in [5.74, 6) is 1.27. The molecule has 0 bridgehead atoms. The molecule has 2 aromatic carbocycles. The monoisotopic (exact) mass is 414 g/mol. The minimum Gasteiger partial charge on any atom is -0.497 e. The predicted octanol–water partition coefficient (Wildman–Crippen LogP) is 4.98. The summed E-state index contributed by atoms with van der Waals surface area (Å²) >= 11 is 1.35. The van der Waals surface area contributed by atoms with E-state index in [1.165, 1.54) is 11.8 Å². The maximum Gasteiger partial charge on any atom is 0.252 e. The first-order valence-corrected chi connectivity index (χ1v) is 10.8. The number of benzene rings is 2. The topological polar surface area (TPSA) is 67.4 Å². The van der Waals surface area contributed by atoms with Crippen LogP contribution >= 0.6 is 11.8 Å². The Balaban J connectivity index is 1.94. The molecule has 1 atom stereocenters. The van der Waals surface area contributed by atoms with Crippen LogP contribution in [0.25, 0.3) is 0 Å². The quantitative estimate of drug-likeness (QED) is 0.538. The Morgan fingerprint density at radius 1 is 1.03 bits per heavy atom. The fourth-order valence-electron chi connectivity index (χ4n) is 2.78. The van der Waals surface area contributed by atoms with Crippen LogP contribution in [0, 0.1) is 5.92 Å². The van der Waals surface area contributed by atoms with Gasteiger partial charge in [-0.15, -0.1) is 11.8 Å². The zero-order chi connectivity index (χ0) is 21.2. The molecular weight excluding hydrogens is 384 g/mol. The highest BCUT2D eigenvalue weighted by atomic mass is 32.2. The summed E-state index contributed by atoms with van der Waals surface area (Å²) in [4.78, 5) is 25.8. The molecule has 0 saturated heterocycles.